The molecule has 3 aliphatic rings. The van der Waals surface area contributed by atoms with Gasteiger partial charge in [0.15, 0.2) is 0 Å². The van der Waals surface area contributed by atoms with Crippen molar-refractivity contribution in [2.24, 2.45) is 5.92 Å². The lowest BCUT2D eigenvalue weighted by atomic mass is 9.92. The third-order valence-corrected chi connectivity index (χ3v) is 5.65. The maximum absolute atomic E-state index is 12.5. The molecule has 0 radical (unpaired) electrons. The standard InChI is InChI=1S/C18H32N2O2/c1-13-7-9-19(10-8-13)16-11-14-5-6-15(12-16)20(14)17(21)22-18(2,3)4/h13-16H,5-12H2,1-4H3. The predicted octanol–water partition coefficient (Wildman–Crippen LogP) is 3.65. The van der Waals surface area contributed by atoms with Crippen LogP contribution >= 0.6 is 0 Å². The van der Waals surface area contributed by atoms with Gasteiger partial charge in [-0.2, -0.15) is 0 Å². The van der Waals surface area contributed by atoms with E-state index >= 15 is 0 Å². The predicted molar refractivity (Wildman–Crippen MR) is 87.9 cm³/mol. The van der Waals surface area contributed by atoms with Crippen molar-refractivity contribution < 1.29 is 9.53 Å². The van der Waals surface area contributed by atoms with E-state index in [2.05, 4.69) is 16.7 Å². The molecule has 0 aromatic rings. The van der Waals surface area contributed by atoms with Crippen LogP contribution in [-0.4, -0.2) is 52.7 Å². The van der Waals surface area contributed by atoms with Crippen LogP contribution in [0.4, 0.5) is 4.79 Å². The van der Waals surface area contributed by atoms with E-state index in [-0.39, 0.29) is 6.09 Å². The molecule has 0 N–H and O–H groups in total. The van der Waals surface area contributed by atoms with Gasteiger partial charge in [0.25, 0.3) is 0 Å². The van der Waals surface area contributed by atoms with E-state index in [1.165, 1.54) is 25.9 Å². The lowest BCUT2D eigenvalue weighted by molar-refractivity contribution is -0.00720. The quantitative estimate of drug-likeness (QED) is 0.741. The first-order valence-electron chi connectivity index (χ1n) is 9.09. The lowest BCUT2D eigenvalue weighted by Gasteiger charge is -2.45. The van der Waals surface area contributed by atoms with Crippen molar-refractivity contribution in [1.82, 2.24) is 9.80 Å². The Balaban J connectivity index is 1.60. The average molecular weight is 308 g/mol. The minimum Gasteiger partial charge on any atom is -0.444 e. The first kappa shape index (κ1) is 16.1. The summed E-state index contributed by atoms with van der Waals surface area (Å²) in [6.45, 7) is 10.7. The monoisotopic (exact) mass is 308 g/mol. The largest absolute Gasteiger partial charge is 0.444 e. The van der Waals surface area contributed by atoms with Crippen molar-refractivity contribution in [3.8, 4) is 0 Å². The summed E-state index contributed by atoms with van der Waals surface area (Å²) in [7, 11) is 0. The summed E-state index contributed by atoms with van der Waals surface area (Å²) in [6.07, 6.45) is 7.18. The second-order valence-corrected chi connectivity index (χ2v) is 8.62. The summed E-state index contributed by atoms with van der Waals surface area (Å²) in [5.41, 5.74) is -0.392. The van der Waals surface area contributed by atoms with Gasteiger partial charge in [0, 0.05) is 18.1 Å². The zero-order valence-corrected chi connectivity index (χ0v) is 14.7. The van der Waals surface area contributed by atoms with Gasteiger partial charge >= 0.3 is 6.09 Å². The first-order valence-corrected chi connectivity index (χ1v) is 9.09. The van der Waals surface area contributed by atoms with E-state index in [1.54, 1.807) is 0 Å². The zero-order chi connectivity index (χ0) is 15.9. The molecule has 22 heavy (non-hydrogen) atoms. The Kier molecular flexibility index (Phi) is 4.41. The molecule has 3 fully saturated rings. The number of amides is 1. The number of nitrogens with zero attached hydrogens (tertiary/aromatic N) is 2. The number of hydrogen-bond acceptors (Lipinski definition) is 3. The third kappa shape index (κ3) is 3.42. The molecule has 0 aliphatic carbocycles. The smallest absolute Gasteiger partial charge is 0.410 e. The third-order valence-electron chi connectivity index (χ3n) is 5.65. The van der Waals surface area contributed by atoms with Crippen molar-refractivity contribution in [1.29, 1.82) is 0 Å². The molecule has 0 saturated carbocycles. The summed E-state index contributed by atoms with van der Waals surface area (Å²) in [5.74, 6) is 0.884. The number of carbonyl (C=O) groups excluding carboxylic acids is 1. The van der Waals surface area contributed by atoms with Gasteiger partial charge in [0.1, 0.15) is 5.60 Å². The van der Waals surface area contributed by atoms with Gasteiger partial charge < -0.3 is 14.5 Å². The van der Waals surface area contributed by atoms with E-state index in [9.17, 15) is 4.79 Å². The zero-order valence-electron chi connectivity index (χ0n) is 14.7. The molecule has 3 saturated heterocycles. The summed E-state index contributed by atoms with van der Waals surface area (Å²) >= 11 is 0. The molecular formula is C18H32N2O2. The fourth-order valence-electron chi connectivity index (χ4n) is 4.45. The van der Waals surface area contributed by atoms with Crippen LogP contribution in [0.5, 0.6) is 0 Å². The summed E-state index contributed by atoms with van der Waals surface area (Å²) in [5, 5.41) is 0. The van der Waals surface area contributed by atoms with Gasteiger partial charge in [-0.25, -0.2) is 4.79 Å². The molecule has 126 valence electrons. The van der Waals surface area contributed by atoms with Crippen LogP contribution in [0.1, 0.15) is 66.2 Å². The molecule has 2 atom stereocenters. The second-order valence-electron chi connectivity index (χ2n) is 8.62. The number of ether oxygens (including phenoxy) is 1. The van der Waals surface area contributed by atoms with Gasteiger partial charge in [-0.1, -0.05) is 6.92 Å². The molecule has 0 spiro atoms. The summed E-state index contributed by atoms with van der Waals surface area (Å²) in [4.78, 5) is 17.2. The molecule has 3 rings (SSSR count). The van der Waals surface area contributed by atoms with Crippen LogP contribution in [0.3, 0.4) is 0 Å². The Morgan fingerprint density at radius 1 is 0.955 bits per heavy atom. The van der Waals surface area contributed by atoms with E-state index in [0.717, 1.165) is 31.6 Å². The van der Waals surface area contributed by atoms with Gasteiger partial charge in [0.05, 0.1) is 0 Å². The minimum absolute atomic E-state index is 0.0919. The van der Waals surface area contributed by atoms with Crippen LogP contribution < -0.4 is 0 Å². The second kappa shape index (κ2) is 6.03. The van der Waals surface area contributed by atoms with Crippen molar-refractivity contribution in [3.05, 3.63) is 0 Å². The fraction of sp³-hybridized carbons (Fsp3) is 0.944. The number of likely N-dealkylation sites (tertiary alicyclic amines) is 1. The van der Waals surface area contributed by atoms with Crippen LogP contribution in [0, 0.1) is 5.92 Å². The summed E-state index contributed by atoms with van der Waals surface area (Å²) in [6, 6.07) is 1.49. The highest BCUT2D eigenvalue weighted by Crippen LogP contribution is 2.39. The van der Waals surface area contributed by atoms with Crippen molar-refractivity contribution >= 4 is 6.09 Å². The molecule has 4 nitrogen and oxygen atoms in total. The van der Waals surface area contributed by atoms with Gasteiger partial charge in [-0.05, 0) is 78.3 Å². The molecular weight excluding hydrogens is 276 g/mol. The summed E-state index contributed by atoms with van der Waals surface area (Å²) < 4.78 is 5.63. The van der Waals surface area contributed by atoms with Crippen LogP contribution in [0.15, 0.2) is 0 Å². The lowest BCUT2D eigenvalue weighted by Crippen LogP contribution is -2.54. The van der Waals surface area contributed by atoms with E-state index in [0.29, 0.717) is 18.1 Å². The Hall–Kier alpha value is -0.770. The minimum atomic E-state index is -0.392. The Labute approximate surface area is 135 Å². The van der Waals surface area contributed by atoms with Crippen LogP contribution in [-0.2, 0) is 4.74 Å². The Morgan fingerprint density at radius 3 is 2.00 bits per heavy atom. The number of hydrogen-bond donors (Lipinski definition) is 0. The van der Waals surface area contributed by atoms with Crippen molar-refractivity contribution in [2.45, 2.75) is 89.9 Å². The first-order chi connectivity index (χ1) is 10.3. The highest BCUT2D eigenvalue weighted by atomic mass is 16.6. The van der Waals surface area contributed by atoms with Gasteiger partial charge in [0.2, 0.25) is 0 Å². The number of fused-ring (bicyclic) bond motifs is 2. The van der Waals surface area contributed by atoms with Crippen LogP contribution in [0.25, 0.3) is 0 Å². The molecule has 1 amide bonds. The van der Waals surface area contributed by atoms with E-state index < -0.39 is 5.60 Å². The highest BCUT2D eigenvalue weighted by molar-refractivity contribution is 5.69. The molecule has 2 unspecified atom stereocenters. The van der Waals surface area contributed by atoms with E-state index in [1.807, 2.05) is 20.8 Å². The van der Waals surface area contributed by atoms with E-state index in [4.69, 9.17) is 4.74 Å². The SMILES string of the molecule is CC1CCN(C2CC3CCC(C2)N3C(=O)OC(C)(C)C)CC1. The maximum atomic E-state index is 12.5. The molecule has 2 bridgehead atoms. The van der Waals surface area contributed by atoms with Crippen molar-refractivity contribution in [3.63, 3.8) is 0 Å². The van der Waals surface area contributed by atoms with Gasteiger partial charge in [-0.15, -0.1) is 0 Å². The van der Waals surface area contributed by atoms with Crippen molar-refractivity contribution in [2.75, 3.05) is 13.1 Å². The molecule has 3 aliphatic heterocycles. The molecule has 3 heterocycles. The molecule has 0 aromatic heterocycles. The Morgan fingerprint density at radius 2 is 1.50 bits per heavy atom. The normalized spacial score (nSPS) is 34.0. The number of rotatable bonds is 1. The number of carbonyl (C=O) groups is 1. The highest BCUT2D eigenvalue weighted by Gasteiger charge is 2.46. The van der Waals surface area contributed by atoms with Gasteiger partial charge in [-0.3, -0.25) is 0 Å². The molecule has 0 aromatic carbocycles. The van der Waals surface area contributed by atoms with Crippen LogP contribution in [0.2, 0.25) is 0 Å². The molecule has 4 heteroatoms. The topological polar surface area (TPSA) is 32.8 Å². The fourth-order valence-corrected chi connectivity index (χ4v) is 4.45. The average Bonchev–Trinajstić information content (AvgIpc) is 2.69. The maximum Gasteiger partial charge on any atom is 0.410 e. The Bertz CT molecular complexity index is 396. The number of piperidine rings is 2.